The molecule has 0 aliphatic carbocycles. The lowest BCUT2D eigenvalue weighted by Crippen LogP contribution is -2.13. The van der Waals surface area contributed by atoms with Crippen molar-refractivity contribution in [2.75, 3.05) is 6.61 Å². The average Bonchev–Trinajstić information content (AvgIpc) is 2.72. The van der Waals surface area contributed by atoms with Crippen LogP contribution in [0.15, 0.2) is 60.7 Å². The van der Waals surface area contributed by atoms with Crippen molar-refractivity contribution in [1.29, 1.82) is 0 Å². The number of benzene rings is 3. The van der Waals surface area contributed by atoms with Crippen molar-refractivity contribution in [3.8, 4) is 11.5 Å². The molecular weight excluding hydrogens is 389 g/mol. The van der Waals surface area contributed by atoms with Crippen molar-refractivity contribution in [1.82, 2.24) is 5.32 Å². The highest BCUT2D eigenvalue weighted by Gasteiger charge is 2.12. The number of halogens is 2. The van der Waals surface area contributed by atoms with Gasteiger partial charge in [-0.1, -0.05) is 53.6 Å². The zero-order valence-electron chi connectivity index (χ0n) is 16.7. The highest BCUT2D eigenvalue weighted by atomic mass is 35.5. The third-order valence-corrected chi connectivity index (χ3v) is 4.84. The van der Waals surface area contributed by atoms with Gasteiger partial charge in [0.05, 0.1) is 6.61 Å². The van der Waals surface area contributed by atoms with Crippen molar-refractivity contribution in [3.05, 3.63) is 93.8 Å². The van der Waals surface area contributed by atoms with Gasteiger partial charge in [-0.3, -0.25) is 0 Å². The van der Waals surface area contributed by atoms with E-state index < -0.39 is 0 Å². The molecule has 0 spiro atoms. The summed E-state index contributed by atoms with van der Waals surface area (Å²) in [5.74, 6) is 1.06. The van der Waals surface area contributed by atoms with E-state index in [9.17, 15) is 4.39 Å². The molecule has 3 aromatic carbocycles. The van der Waals surface area contributed by atoms with Crippen molar-refractivity contribution in [2.45, 2.75) is 33.5 Å². The Morgan fingerprint density at radius 1 is 0.862 bits per heavy atom. The van der Waals surface area contributed by atoms with Gasteiger partial charge in [0, 0.05) is 24.2 Å². The van der Waals surface area contributed by atoms with Crippen LogP contribution >= 0.6 is 11.6 Å². The van der Waals surface area contributed by atoms with E-state index in [4.69, 9.17) is 21.1 Å². The molecule has 0 saturated carbocycles. The standard InChI is InChI=1S/C24H25ClFNO2/c1-3-28-23-12-20(15-27-14-18-8-10-21(26)11-9-18)22(25)13-24(23)29-16-19-6-4-17(2)5-7-19/h4-13,27H,3,14-16H2,1-2H3. The lowest BCUT2D eigenvalue weighted by Gasteiger charge is -2.15. The molecule has 5 heteroatoms. The molecule has 0 atom stereocenters. The summed E-state index contributed by atoms with van der Waals surface area (Å²) < 4.78 is 24.7. The number of aryl methyl sites for hydroxylation is 1. The molecule has 3 nitrogen and oxygen atoms in total. The molecule has 0 aromatic heterocycles. The highest BCUT2D eigenvalue weighted by molar-refractivity contribution is 6.31. The minimum absolute atomic E-state index is 0.237. The molecule has 29 heavy (non-hydrogen) atoms. The van der Waals surface area contributed by atoms with Crippen molar-refractivity contribution < 1.29 is 13.9 Å². The van der Waals surface area contributed by atoms with Gasteiger partial charge in [-0.15, -0.1) is 0 Å². The minimum atomic E-state index is -0.237. The van der Waals surface area contributed by atoms with Gasteiger partial charge in [-0.05, 0) is 48.7 Å². The summed E-state index contributed by atoms with van der Waals surface area (Å²) in [5, 5.41) is 3.94. The van der Waals surface area contributed by atoms with Crippen LogP contribution in [0.2, 0.25) is 5.02 Å². The first-order valence-corrected chi connectivity index (χ1v) is 10.0. The van der Waals surface area contributed by atoms with Gasteiger partial charge in [0.1, 0.15) is 12.4 Å². The van der Waals surface area contributed by atoms with Crippen molar-refractivity contribution in [2.24, 2.45) is 0 Å². The van der Waals surface area contributed by atoms with Crippen LogP contribution in [0.5, 0.6) is 11.5 Å². The van der Waals surface area contributed by atoms with Crippen LogP contribution in [0.25, 0.3) is 0 Å². The Bertz CT molecular complexity index is 927. The van der Waals surface area contributed by atoms with Crippen LogP contribution < -0.4 is 14.8 Å². The summed E-state index contributed by atoms with van der Waals surface area (Å²) in [6.45, 7) is 6.15. The SMILES string of the molecule is CCOc1cc(CNCc2ccc(F)cc2)c(Cl)cc1OCc1ccc(C)cc1. The lowest BCUT2D eigenvalue weighted by molar-refractivity contribution is 0.269. The average molecular weight is 414 g/mol. The van der Waals surface area contributed by atoms with E-state index >= 15 is 0 Å². The number of hydrogen-bond donors (Lipinski definition) is 1. The normalized spacial score (nSPS) is 10.8. The zero-order valence-corrected chi connectivity index (χ0v) is 17.4. The fraction of sp³-hybridized carbons (Fsp3) is 0.250. The summed E-state index contributed by atoms with van der Waals surface area (Å²) >= 11 is 6.48. The van der Waals surface area contributed by atoms with E-state index in [1.807, 2.05) is 25.1 Å². The maximum atomic E-state index is 13.0. The molecule has 0 unspecified atom stereocenters. The predicted molar refractivity (Wildman–Crippen MR) is 115 cm³/mol. The van der Waals surface area contributed by atoms with Crippen LogP contribution in [0.1, 0.15) is 29.2 Å². The smallest absolute Gasteiger partial charge is 0.163 e. The molecule has 3 aromatic rings. The number of hydrogen-bond acceptors (Lipinski definition) is 3. The summed E-state index contributed by atoms with van der Waals surface area (Å²) in [5.41, 5.74) is 4.22. The van der Waals surface area contributed by atoms with Crippen LogP contribution in [-0.4, -0.2) is 6.61 Å². The summed E-state index contributed by atoms with van der Waals surface area (Å²) in [4.78, 5) is 0. The van der Waals surface area contributed by atoms with Gasteiger partial charge >= 0.3 is 0 Å². The van der Waals surface area contributed by atoms with Crippen molar-refractivity contribution in [3.63, 3.8) is 0 Å². The van der Waals surface area contributed by atoms with Crippen LogP contribution in [0.3, 0.4) is 0 Å². The van der Waals surface area contributed by atoms with Gasteiger partial charge in [0.25, 0.3) is 0 Å². The Morgan fingerprint density at radius 3 is 2.21 bits per heavy atom. The molecule has 0 fully saturated rings. The molecule has 0 bridgehead atoms. The Balaban J connectivity index is 1.66. The molecule has 1 N–H and O–H groups in total. The molecule has 0 radical (unpaired) electrons. The van der Waals surface area contributed by atoms with E-state index in [0.717, 1.165) is 16.7 Å². The number of nitrogens with one attached hydrogen (secondary N) is 1. The molecule has 0 amide bonds. The minimum Gasteiger partial charge on any atom is -0.490 e. The second-order valence-corrected chi connectivity index (χ2v) is 7.23. The molecular formula is C24H25ClFNO2. The molecule has 0 heterocycles. The van der Waals surface area contributed by atoms with E-state index in [1.165, 1.54) is 17.7 Å². The maximum Gasteiger partial charge on any atom is 0.163 e. The molecule has 0 aliphatic rings. The Labute approximate surface area is 176 Å². The van der Waals surface area contributed by atoms with Crippen molar-refractivity contribution >= 4 is 11.6 Å². The largest absolute Gasteiger partial charge is 0.490 e. The number of ether oxygens (including phenoxy) is 2. The van der Waals surface area contributed by atoms with Gasteiger partial charge in [0.15, 0.2) is 11.5 Å². The second kappa shape index (κ2) is 10.3. The van der Waals surface area contributed by atoms with E-state index in [0.29, 0.717) is 42.8 Å². The third kappa shape index (κ3) is 6.21. The Morgan fingerprint density at radius 2 is 1.52 bits per heavy atom. The topological polar surface area (TPSA) is 30.5 Å². The van der Waals surface area contributed by atoms with Gasteiger partial charge in [-0.25, -0.2) is 4.39 Å². The van der Waals surface area contributed by atoms with Gasteiger partial charge in [0.2, 0.25) is 0 Å². The molecule has 0 aliphatic heterocycles. The first-order valence-electron chi connectivity index (χ1n) is 9.64. The molecule has 0 saturated heterocycles. The van der Waals surface area contributed by atoms with E-state index in [1.54, 1.807) is 18.2 Å². The van der Waals surface area contributed by atoms with E-state index in [2.05, 4.69) is 24.4 Å². The quantitative estimate of drug-likeness (QED) is 0.462. The summed E-state index contributed by atoms with van der Waals surface area (Å²) in [6, 6.07) is 18.4. The molecule has 3 rings (SSSR count). The highest BCUT2D eigenvalue weighted by Crippen LogP contribution is 2.34. The molecule has 152 valence electrons. The van der Waals surface area contributed by atoms with Crippen LogP contribution in [0.4, 0.5) is 4.39 Å². The first kappa shape index (κ1) is 21.2. The van der Waals surface area contributed by atoms with Crippen LogP contribution in [-0.2, 0) is 19.7 Å². The zero-order chi connectivity index (χ0) is 20.6. The van der Waals surface area contributed by atoms with E-state index in [-0.39, 0.29) is 5.82 Å². The fourth-order valence-electron chi connectivity index (χ4n) is 2.88. The third-order valence-electron chi connectivity index (χ3n) is 4.49. The Hall–Kier alpha value is -2.56. The summed E-state index contributed by atoms with van der Waals surface area (Å²) in [6.07, 6.45) is 0. The lowest BCUT2D eigenvalue weighted by atomic mass is 10.1. The first-order chi connectivity index (χ1) is 14.0. The monoisotopic (exact) mass is 413 g/mol. The van der Waals surface area contributed by atoms with Gasteiger partial charge in [-0.2, -0.15) is 0 Å². The number of rotatable bonds is 9. The Kier molecular flexibility index (Phi) is 7.50. The second-order valence-electron chi connectivity index (χ2n) is 6.83. The summed E-state index contributed by atoms with van der Waals surface area (Å²) in [7, 11) is 0. The fourth-order valence-corrected chi connectivity index (χ4v) is 3.10. The maximum absolute atomic E-state index is 13.0. The predicted octanol–water partition coefficient (Wildman–Crippen LogP) is 6.06. The van der Waals surface area contributed by atoms with Crippen LogP contribution in [0, 0.1) is 12.7 Å². The van der Waals surface area contributed by atoms with Gasteiger partial charge < -0.3 is 14.8 Å².